The van der Waals surface area contributed by atoms with Crippen LogP contribution in [0, 0.1) is 6.92 Å². The SMILES string of the molecule is Cc1nc(-c2ccc(NS(=O)(=O)c3ccc(CCC(=O)[O-])cc3)cc2)cs1. The lowest BCUT2D eigenvalue weighted by atomic mass is 10.1. The van der Waals surface area contributed by atoms with Crippen molar-refractivity contribution in [2.75, 3.05) is 4.72 Å². The third kappa shape index (κ3) is 4.93. The Hall–Kier alpha value is -2.71. The number of rotatable bonds is 7. The predicted molar refractivity (Wildman–Crippen MR) is 103 cm³/mol. The molecule has 140 valence electrons. The minimum absolute atomic E-state index is 0.102. The molecular formula is C19H17N2O4S2-. The monoisotopic (exact) mass is 401 g/mol. The number of aromatic nitrogens is 1. The zero-order valence-corrected chi connectivity index (χ0v) is 16.1. The fraction of sp³-hybridized carbons (Fsp3) is 0.158. The number of hydrogen-bond donors (Lipinski definition) is 1. The fourth-order valence-electron chi connectivity index (χ4n) is 2.50. The lowest BCUT2D eigenvalue weighted by Crippen LogP contribution is -2.22. The standard InChI is InChI=1S/C19H18N2O4S2/c1-13-20-18(12-26-13)15-5-7-16(8-6-15)21-27(24,25)17-9-2-14(3-10-17)4-11-19(22)23/h2-3,5-10,12,21H,4,11H2,1H3,(H,22,23)/p-1. The van der Waals surface area contributed by atoms with Gasteiger partial charge in [0, 0.05) is 22.6 Å². The highest BCUT2D eigenvalue weighted by atomic mass is 32.2. The van der Waals surface area contributed by atoms with Gasteiger partial charge < -0.3 is 9.90 Å². The maximum absolute atomic E-state index is 12.5. The van der Waals surface area contributed by atoms with Crippen molar-refractivity contribution in [1.82, 2.24) is 4.98 Å². The second-order valence-electron chi connectivity index (χ2n) is 5.95. The van der Waals surface area contributed by atoms with E-state index in [1.165, 1.54) is 12.1 Å². The van der Waals surface area contributed by atoms with Crippen molar-refractivity contribution in [2.45, 2.75) is 24.7 Å². The smallest absolute Gasteiger partial charge is 0.261 e. The molecule has 6 nitrogen and oxygen atoms in total. The molecule has 0 aliphatic rings. The summed E-state index contributed by atoms with van der Waals surface area (Å²) in [6, 6.07) is 13.1. The van der Waals surface area contributed by atoms with Gasteiger partial charge in [-0.05, 0) is 49.6 Å². The molecule has 1 heterocycles. The zero-order valence-electron chi connectivity index (χ0n) is 14.5. The molecule has 0 aliphatic carbocycles. The van der Waals surface area contributed by atoms with Gasteiger partial charge in [0.15, 0.2) is 0 Å². The van der Waals surface area contributed by atoms with Crippen molar-refractivity contribution in [2.24, 2.45) is 0 Å². The molecule has 0 saturated heterocycles. The third-order valence-electron chi connectivity index (χ3n) is 3.90. The van der Waals surface area contributed by atoms with Gasteiger partial charge in [0.05, 0.1) is 15.6 Å². The van der Waals surface area contributed by atoms with Crippen LogP contribution in [0.3, 0.4) is 0 Å². The van der Waals surface area contributed by atoms with Crippen molar-refractivity contribution >= 4 is 33.0 Å². The molecule has 0 fully saturated rings. The van der Waals surface area contributed by atoms with Crippen LogP contribution in [0.1, 0.15) is 17.0 Å². The van der Waals surface area contributed by atoms with Gasteiger partial charge in [-0.1, -0.05) is 24.3 Å². The lowest BCUT2D eigenvalue weighted by molar-refractivity contribution is -0.305. The molecule has 8 heteroatoms. The Labute approximate surface area is 161 Å². The summed E-state index contributed by atoms with van der Waals surface area (Å²) in [6.07, 6.45) is 0.197. The summed E-state index contributed by atoms with van der Waals surface area (Å²) in [7, 11) is -3.73. The van der Waals surface area contributed by atoms with E-state index in [1.54, 1.807) is 35.6 Å². The normalized spacial score (nSPS) is 11.3. The van der Waals surface area contributed by atoms with Crippen LogP contribution in [0.2, 0.25) is 0 Å². The third-order valence-corrected chi connectivity index (χ3v) is 6.07. The summed E-state index contributed by atoms with van der Waals surface area (Å²) in [5.74, 6) is -1.13. The minimum atomic E-state index is -3.73. The van der Waals surface area contributed by atoms with E-state index in [1.807, 2.05) is 24.4 Å². The molecule has 0 spiro atoms. The largest absolute Gasteiger partial charge is 0.550 e. The maximum atomic E-state index is 12.5. The molecule has 0 bridgehead atoms. The molecule has 0 atom stereocenters. The number of thiazole rings is 1. The van der Waals surface area contributed by atoms with Gasteiger partial charge in [0.1, 0.15) is 0 Å². The fourth-order valence-corrected chi connectivity index (χ4v) is 4.18. The Balaban J connectivity index is 1.71. The number of aliphatic carboxylic acids is 1. The van der Waals surface area contributed by atoms with E-state index in [0.717, 1.165) is 21.8 Å². The number of benzene rings is 2. The number of carboxylic acids is 1. The molecule has 0 aliphatic heterocycles. The number of nitrogens with zero attached hydrogens (tertiary/aromatic N) is 1. The Morgan fingerprint density at radius 2 is 1.78 bits per heavy atom. The van der Waals surface area contributed by atoms with Crippen molar-refractivity contribution in [3.63, 3.8) is 0 Å². The lowest BCUT2D eigenvalue weighted by Gasteiger charge is -2.09. The van der Waals surface area contributed by atoms with E-state index >= 15 is 0 Å². The summed E-state index contributed by atoms with van der Waals surface area (Å²) in [4.78, 5) is 15.0. The van der Waals surface area contributed by atoms with E-state index in [2.05, 4.69) is 9.71 Å². The van der Waals surface area contributed by atoms with E-state index in [9.17, 15) is 18.3 Å². The Morgan fingerprint density at radius 1 is 1.11 bits per heavy atom. The number of nitrogens with one attached hydrogen (secondary N) is 1. The van der Waals surface area contributed by atoms with E-state index in [0.29, 0.717) is 12.1 Å². The van der Waals surface area contributed by atoms with Gasteiger partial charge in [-0.15, -0.1) is 11.3 Å². The molecular weight excluding hydrogens is 384 g/mol. The molecule has 0 saturated carbocycles. The van der Waals surface area contributed by atoms with Gasteiger partial charge in [-0.2, -0.15) is 0 Å². The number of carboxylic acid groups (broad SMARTS) is 1. The first-order valence-corrected chi connectivity index (χ1v) is 10.5. The summed E-state index contributed by atoms with van der Waals surface area (Å²) in [5.41, 5.74) is 2.96. The highest BCUT2D eigenvalue weighted by molar-refractivity contribution is 7.92. The van der Waals surface area contributed by atoms with E-state index in [-0.39, 0.29) is 11.3 Å². The summed E-state index contributed by atoms with van der Waals surface area (Å²) < 4.78 is 27.6. The molecule has 1 aromatic heterocycles. The van der Waals surface area contributed by atoms with Crippen LogP contribution in [0.5, 0.6) is 0 Å². The zero-order chi connectivity index (χ0) is 19.4. The Morgan fingerprint density at radius 3 is 2.33 bits per heavy atom. The van der Waals surface area contributed by atoms with Crippen molar-refractivity contribution < 1.29 is 18.3 Å². The van der Waals surface area contributed by atoms with Crippen LogP contribution >= 0.6 is 11.3 Å². The van der Waals surface area contributed by atoms with Crippen LogP contribution in [0.25, 0.3) is 11.3 Å². The first-order chi connectivity index (χ1) is 12.8. The molecule has 0 unspecified atom stereocenters. The summed E-state index contributed by atoms with van der Waals surface area (Å²) >= 11 is 1.56. The first-order valence-electron chi connectivity index (χ1n) is 8.18. The number of carbonyl (C=O) groups excluding carboxylic acids is 1. The van der Waals surface area contributed by atoms with Crippen LogP contribution in [0.4, 0.5) is 5.69 Å². The maximum Gasteiger partial charge on any atom is 0.261 e. The molecule has 1 N–H and O–H groups in total. The average molecular weight is 401 g/mol. The van der Waals surface area contributed by atoms with Crippen LogP contribution in [-0.2, 0) is 21.2 Å². The van der Waals surface area contributed by atoms with Crippen molar-refractivity contribution in [1.29, 1.82) is 0 Å². The van der Waals surface area contributed by atoms with Gasteiger partial charge in [0.25, 0.3) is 10.0 Å². The molecule has 2 aromatic carbocycles. The second kappa shape index (κ2) is 7.89. The molecule has 0 radical (unpaired) electrons. The summed E-state index contributed by atoms with van der Waals surface area (Å²) in [5, 5.41) is 13.4. The van der Waals surface area contributed by atoms with Gasteiger partial charge >= 0.3 is 0 Å². The minimum Gasteiger partial charge on any atom is -0.550 e. The second-order valence-corrected chi connectivity index (χ2v) is 8.70. The summed E-state index contributed by atoms with van der Waals surface area (Å²) in [6.45, 7) is 1.93. The van der Waals surface area contributed by atoms with E-state index in [4.69, 9.17) is 0 Å². The van der Waals surface area contributed by atoms with Crippen molar-refractivity contribution in [3.05, 3.63) is 64.5 Å². The average Bonchev–Trinajstić information content (AvgIpc) is 3.07. The van der Waals surface area contributed by atoms with E-state index < -0.39 is 16.0 Å². The Kier molecular flexibility index (Phi) is 5.57. The molecule has 0 amide bonds. The van der Waals surface area contributed by atoms with Gasteiger partial charge in [0.2, 0.25) is 0 Å². The van der Waals surface area contributed by atoms with Crippen molar-refractivity contribution in [3.8, 4) is 11.3 Å². The molecule has 3 aromatic rings. The van der Waals surface area contributed by atoms with Crippen LogP contribution in [0.15, 0.2) is 58.8 Å². The predicted octanol–water partition coefficient (Wildman–Crippen LogP) is 2.60. The highest BCUT2D eigenvalue weighted by Gasteiger charge is 2.14. The topological polar surface area (TPSA) is 99.2 Å². The number of sulfonamides is 1. The first kappa shape index (κ1) is 19.1. The van der Waals surface area contributed by atoms with Crippen LogP contribution < -0.4 is 9.83 Å². The Bertz CT molecular complexity index is 1040. The highest BCUT2D eigenvalue weighted by Crippen LogP contribution is 2.24. The number of aryl methyl sites for hydroxylation is 2. The number of carbonyl (C=O) groups is 1. The van der Waals surface area contributed by atoms with Gasteiger partial charge in [-0.25, -0.2) is 13.4 Å². The molecule has 27 heavy (non-hydrogen) atoms. The molecule has 3 rings (SSSR count). The number of hydrogen-bond acceptors (Lipinski definition) is 6. The number of anilines is 1. The van der Waals surface area contributed by atoms with Gasteiger partial charge in [-0.3, -0.25) is 4.72 Å². The quantitative estimate of drug-likeness (QED) is 0.656. The van der Waals surface area contributed by atoms with Crippen LogP contribution in [-0.4, -0.2) is 19.4 Å².